The van der Waals surface area contributed by atoms with Crippen LogP contribution in [0.3, 0.4) is 0 Å². The van der Waals surface area contributed by atoms with Crippen molar-refractivity contribution in [2.24, 2.45) is 0 Å². The lowest BCUT2D eigenvalue weighted by molar-refractivity contribution is 0.0537. The summed E-state index contributed by atoms with van der Waals surface area (Å²) in [5, 5.41) is 0. The van der Waals surface area contributed by atoms with Crippen LogP contribution in [0.25, 0.3) is 0 Å². The SMILES string of the molecule is Cc1ccc(Br)cc1S(=O)(=O)NC1(C)CCOCC1. The molecule has 1 saturated heterocycles. The van der Waals surface area contributed by atoms with Crippen molar-refractivity contribution in [3.8, 4) is 0 Å². The average molecular weight is 348 g/mol. The maximum Gasteiger partial charge on any atom is 0.241 e. The first-order valence-electron chi connectivity index (χ1n) is 6.20. The molecule has 0 radical (unpaired) electrons. The van der Waals surface area contributed by atoms with Gasteiger partial charge in [-0.2, -0.15) is 0 Å². The van der Waals surface area contributed by atoms with Crippen LogP contribution in [0.1, 0.15) is 25.3 Å². The van der Waals surface area contributed by atoms with Crippen LogP contribution in [0.15, 0.2) is 27.6 Å². The van der Waals surface area contributed by atoms with Crippen LogP contribution in [0, 0.1) is 6.92 Å². The molecular formula is C13H18BrNO3S. The van der Waals surface area contributed by atoms with Gasteiger partial charge >= 0.3 is 0 Å². The molecule has 1 aliphatic rings. The van der Waals surface area contributed by atoms with Gasteiger partial charge in [-0.05, 0) is 44.4 Å². The van der Waals surface area contributed by atoms with Crippen LogP contribution in [0.5, 0.6) is 0 Å². The van der Waals surface area contributed by atoms with Crippen molar-refractivity contribution in [2.75, 3.05) is 13.2 Å². The molecule has 4 nitrogen and oxygen atoms in total. The summed E-state index contributed by atoms with van der Waals surface area (Å²) in [6.45, 7) is 4.92. The van der Waals surface area contributed by atoms with E-state index in [-0.39, 0.29) is 0 Å². The molecule has 0 amide bonds. The van der Waals surface area contributed by atoms with Crippen LogP contribution < -0.4 is 4.72 Å². The number of aryl methyl sites for hydroxylation is 1. The van der Waals surface area contributed by atoms with Crippen LogP contribution in [-0.4, -0.2) is 27.2 Å². The van der Waals surface area contributed by atoms with Crippen molar-refractivity contribution in [3.05, 3.63) is 28.2 Å². The lowest BCUT2D eigenvalue weighted by Gasteiger charge is -2.34. The van der Waals surface area contributed by atoms with E-state index >= 15 is 0 Å². The summed E-state index contributed by atoms with van der Waals surface area (Å²) >= 11 is 3.32. The molecule has 1 aromatic rings. The lowest BCUT2D eigenvalue weighted by atomic mass is 9.94. The molecule has 0 unspecified atom stereocenters. The minimum atomic E-state index is -3.51. The Labute approximate surface area is 122 Å². The Morgan fingerprint density at radius 2 is 1.95 bits per heavy atom. The van der Waals surface area contributed by atoms with E-state index in [0.29, 0.717) is 31.0 Å². The second-order valence-electron chi connectivity index (χ2n) is 5.19. The van der Waals surface area contributed by atoms with Gasteiger partial charge in [0.2, 0.25) is 10.0 Å². The highest BCUT2D eigenvalue weighted by atomic mass is 79.9. The molecular weight excluding hydrogens is 330 g/mol. The minimum absolute atomic E-state index is 0.328. The van der Waals surface area contributed by atoms with E-state index in [9.17, 15) is 8.42 Å². The zero-order chi connectivity index (χ0) is 14.1. The zero-order valence-electron chi connectivity index (χ0n) is 11.1. The van der Waals surface area contributed by atoms with Gasteiger partial charge in [-0.3, -0.25) is 0 Å². The summed E-state index contributed by atoms with van der Waals surface area (Å²) < 4.78 is 33.9. The van der Waals surface area contributed by atoms with Crippen LogP contribution in [0.2, 0.25) is 0 Å². The molecule has 0 aromatic heterocycles. The number of ether oxygens (including phenoxy) is 1. The summed E-state index contributed by atoms with van der Waals surface area (Å²) in [5.74, 6) is 0. The number of sulfonamides is 1. The van der Waals surface area contributed by atoms with Crippen molar-refractivity contribution in [1.82, 2.24) is 4.72 Å². The molecule has 19 heavy (non-hydrogen) atoms. The first-order chi connectivity index (χ1) is 8.82. The molecule has 1 heterocycles. The van der Waals surface area contributed by atoms with Crippen molar-refractivity contribution in [3.63, 3.8) is 0 Å². The van der Waals surface area contributed by atoms with Gasteiger partial charge in [-0.1, -0.05) is 22.0 Å². The third kappa shape index (κ3) is 3.56. The van der Waals surface area contributed by atoms with Gasteiger partial charge in [0.25, 0.3) is 0 Å². The first-order valence-corrected chi connectivity index (χ1v) is 8.48. The van der Waals surface area contributed by atoms with E-state index in [1.54, 1.807) is 19.1 Å². The van der Waals surface area contributed by atoms with Crippen molar-refractivity contribution in [2.45, 2.75) is 37.1 Å². The molecule has 6 heteroatoms. The van der Waals surface area contributed by atoms with E-state index in [4.69, 9.17) is 4.74 Å². The molecule has 2 rings (SSSR count). The Balaban J connectivity index is 2.29. The third-order valence-corrected chi connectivity index (χ3v) is 5.69. The predicted molar refractivity (Wildman–Crippen MR) is 77.7 cm³/mol. The largest absolute Gasteiger partial charge is 0.381 e. The molecule has 1 fully saturated rings. The standard InChI is InChI=1S/C13H18BrNO3S/c1-10-3-4-11(14)9-12(10)19(16,17)15-13(2)5-7-18-8-6-13/h3-4,9,15H,5-8H2,1-2H3. The molecule has 1 aliphatic heterocycles. The van der Waals surface area contributed by atoms with Crippen molar-refractivity contribution < 1.29 is 13.2 Å². The Kier molecular flexibility index (Phi) is 4.35. The maximum absolute atomic E-state index is 12.5. The highest BCUT2D eigenvalue weighted by Gasteiger charge is 2.33. The molecule has 106 valence electrons. The van der Waals surface area contributed by atoms with Crippen LogP contribution in [0.4, 0.5) is 0 Å². The molecule has 0 spiro atoms. The van der Waals surface area contributed by atoms with E-state index in [1.807, 2.05) is 13.0 Å². The van der Waals surface area contributed by atoms with E-state index in [0.717, 1.165) is 10.0 Å². The van der Waals surface area contributed by atoms with Crippen LogP contribution >= 0.6 is 15.9 Å². The number of hydrogen-bond donors (Lipinski definition) is 1. The second-order valence-corrected chi connectivity index (χ2v) is 7.75. The van der Waals surface area contributed by atoms with Gasteiger partial charge in [-0.25, -0.2) is 13.1 Å². The smallest absolute Gasteiger partial charge is 0.241 e. The number of halogens is 1. The average Bonchev–Trinajstić information content (AvgIpc) is 2.31. The van der Waals surface area contributed by atoms with Crippen molar-refractivity contribution in [1.29, 1.82) is 0 Å². The zero-order valence-corrected chi connectivity index (χ0v) is 13.5. The summed E-state index contributed by atoms with van der Waals surface area (Å²) in [6.07, 6.45) is 1.39. The number of nitrogens with one attached hydrogen (secondary N) is 1. The monoisotopic (exact) mass is 347 g/mol. The maximum atomic E-state index is 12.5. The Morgan fingerprint density at radius 3 is 2.58 bits per heavy atom. The van der Waals surface area contributed by atoms with Gasteiger partial charge < -0.3 is 4.74 Å². The summed E-state index contributed by atoms with van der Waals surface area (Å²) in [4.78, 5) is 0.328. The molecule has 0 atom stereocenters. The van der Waals surface area contributed by atoms with E-state index < -0.39 is 15.6 Å². The van der Waals surface area contributed by atoms with Gasteiger partial charge in [0, 0.05) is 23.2 Å². The summed E-state index contributed by atoms with van der Waals surface area (Å²) in [7, 11) is -3.51. The number of hydrogen-bond acceptors (Lipinski definition) is 3. The van der Waals surface area contributed by atoms with Gasteiger partial charge in [0.1, 0.15) is 0 Å². The minimum Gasteiger partial charge on any atom is -0.381 e. The van der Waals surface area contributed by atoms with E-state index in [2.05, 4.69) is 20.7 Å². The quantitative estimate of drug-likeness (QED) is 0.914. The highest BCUT2D eigenvalue weighted by Crippen LogP contribution is 2.25. The molecule has 1 aromatic carbocycles. The molecule has 0 saturated carbocycles. The molecule has 1 N–H and O–H groups in total. The van der Waals surface area contributed by atoms with Gasteiger partial charge in [-0.15, -0.1) is 0 Å². The lowest BCUT2D eigenvalue weighted by Crippen LogP contribution is -2.49. The number of benzene rings is 1. The Morgan fingerprint density at radius 1 is 1.32 bits per heavy atom. The van der Waals surface area contributed by atoms with Crippen LogP contribution in [-0.2, 0) is 14.8 Å². The summed E-state index contributed by atoms with van der Waals surface area (Å²) in [5.41, 5.74) is 0.317. The van der Waals surface area contributed by atoms with Gasteiger partial charge in [0.05, 0.1) is 4.90 Å². The fourth-order valence-corrected chi connectivity index (χ4v) is 4.42. The third-order valence-electron chi connectivity index (χ3n) is 3.42. The fraction of sp³-hybridized carbons (Fsp3) is 0.538. The first kappa shape index (κ1) is 15.0. The highest BCUT2D eigenvalue weighted by molar-refractivity contribution is 9.10. The second kappa shape index (κ2) is 5.52. The Hall–Kier alpha value is -0.430. The van der Waals surface area contributed by atoms with E-state index in [1.165, 1.54) is 0 Å². The van der Waals surface area contributed by atoms with Crippen molar-refractivity contribution >= 4 is 26.0 Å². The predicted octanol–water partition coefficient (Wildman–Crippen LogP) is 2.60. The Bertz CT molecular complexity index is 565. The molecule has 0 bridgehead atoms. The number of rotatable bonds is 3. The topological polar surface area (TPSA) is 55.4 Å². The fourth-order valence-electron chi connectivity index (χ4n) is 2.17. The normalized spacial score (nSPS) is 19.3. The molecule has 0 aliphatic carbocycles. The van der Waals surface area contributed by atoms with Gasteiger partial charge in [0.15, 0.2) is 0 Å². The summed E-state index contributed by atoms with van der Waals surface area (Å²) in [6, 6.07) is 5.27.